The van der Waals surface area contributed by atoms with Crippen LogP contribution in [0.4, 0.5) is 13.2 Å². The minimum absolute atomic E-state index is 0. The van der Waals surface area contributed by atoms with Gasteiger partial charge in [-0.15, -0.1) is 47.3 Å². The van der Waals surface area contributed by atoms with Gasteiger partial charge in [0.1, 0.15) is 11.6 Å². The lowest BCUT2D eigenvalue weighted by atomic mass is 10.2. The Balaban J connectivity index is 0.00000320. The highest BCUT2D eigenvalue weighted by atomic mass is 127. The summed E-state index contributed by atoms with van der Waals surface area (Å²) < 4.78 is 43.5. The number of pyridine rings is 1. The van der Waals surface area contributed by atoms with Crippen LogP contribution < -0.4 is 15.4 Å². The lowest BCUT2D eigenvalue weighted by Gasteiger charge is -2.15. The molecule has 0 aliphatic carbocycles. The van der Waals surface area contributed by atoms with Gasteiger partial charge in [0.05, 0.1) is 0 Å². The normalized spacial score (nSPS) is 11.8. The molecule has 0 aliphatic heterocycles. The standard InChI is InChI=1S/C19H21F3N6O.HI/c1-23-18(25-13-14-7-2-3-8-15(14)29-19(20,21)22)24-11-6-10-17-27-26-16-9-4-5-12-28(16)17;/h2-5,7-9,12H,6,10-11,13H2,1H3,(H2,23,24,25);1H. The third kappa shape index (κ3) is 6.75. The van der Waals surface area contributed by atoms with Crippen LogP contribution in [0, 0.1) is 0 Å². The number of nitrogens with one attached hydrogen (secondary N) is 2. The van der Waals surface area contributed by atoms with Gasteiger partial charge in [0.2, 0.25) is 0 Å². The van der Waals surface area contributed by atoms with Crippen molar-refractivity contribution in [3.63, 3.8) is 0 Å². The number of aryl methyl sites for hydroxylation is 1. The molecule has 30 heavy (non-hydrogen) atoms. The highest BCUT2D eigenvalue weighted by molar-refractivity contribution is 14.0. The molecule has 3 rings (SSSR count). The SMILES string of the molecule is CN=C(NCCCc1nnc2ccccn12)NCc1ccccc1OC(F)(F)F.I. The summed E-state index contributed by atoms with van der Waals surface area (Å²) in [6.45, 7) is 0.753. The van der Waals surface area contributed by atoms with Crippen molar-refractivity contribution in [1.29, 1.82) is 0 Å². The fourth-order valence-corrected chi connectivity index (χ4v) is 2.79. The van der Waals surface area contributed by atoms with Crippen LogP contribution in [0.5, 0.6) is 5.75 Å². The van der Waals surface area contributed by atoms with Crippen molar-refractivity contribution in [1.82, 2.24) is 25.2 Å². The van der Waals surface area contributed by atoms with Crippen LogP contribution in [0.15, 0.2) is 53.7 Å². The molecule has 2 aromatic heterocycles. The minimum atomic E-state index is -4.73. The fourth-order valence-electron chi connectivity index (χ4n) is 2.79. The maximum atomic E-state index is 12.5. The number of nitrogens with zero attached hydrogens (tertiary/aromatic N) is 4. The number of ether oxygens (including phenoxy) is 1. The monoisotopic (exact) mass is 534 g/mol. The van der Waals surface area contributed by atoms with Crippen molar-refractivity contribution in [2.24, 2.45) is 4.99 Å². The zero-order chi connectivity index (χ0) is 20.7. The Bertz CT molecular complexity index is 976. The van der Waals surface area contributed by atoms with Crippen LogP contribution in [0.1, 0.15) is 17.8 Å². The highest BCUT2D eigenvalue weighted by Crippen LogP contribution is 2.26. The third-order valence-corrected chi connectivity index (χ3v) is 4.12. The van der Waals surface area contributed by atoms with Gasteiger partial charge in [-0.1, -0.05) is 24.3 Å². The molecule has 0 saturated carbocycles. The molecule has 0 amide bonds. The Morgan fingerprint density at radius 3 is 2.63 bits per heavy atom. The summed E-state index contributed by atoms with van der Waals surface area (Å²) in [6.07, 6.45) is -1.32. The molecule has 0 unspecified atom stereocenters. The molecule has 2 N–H and O–H groups in total. The van der Waals surface area contributed by atoms with Gasteiger partial charge in [0.25, 0.3) is 0 Å². The molecule has 7 nitrogen and oxygen atoms in total. The van der Waals surface area contributed by atoms with Crippen molar-refractivity contribution in [3.8, 4) is 5.75 Å². The summed E-state index contributed by atoms with van der Waals surface area (Å²) in [6, 6.07) is 11.7. The van der Waals surface area contributed by atoms with Gasteiger partial charge in [-0.05, 0) is 24.6 Å². The number of aliphatic imine (C=N–C) groups is 1. The van der Waals surface area contributed by atoms with E-state index in [1.54, 1.807) is 19.2 Å². The van der Waals surface area contributed by atoms with E-state index in [9.17, 15) is 13.2 Å². The Hall–Kier alpha value is -2.57. The maximum absolute atomic E-state index is 12.5. The molecule has 0 fully saturated rings. The lowest BCUT2D eigenvalue weighted by molar-refractivity contribution is -0.274. The van der Waals surface area contributed by atoms with Crippen LogP contribution in [0.2, 0.25) is 0 Å². The van der Waals surface area contributed by atoms with Crippen molar-refractivity contribution in [2.45, 2.75) is 25.7 Å². The van der Waals surface area contributed by atoms with Crippen LogP contribution in [-0.4, -0.2) is 40.5 Å². The molecule has 0 bridgehead atoms. The van der Waals surface area contributed by atoms with Gasteiger partial charge in [0.15, 0.2) is 11.6 Å². The number of halogens is 4. The fraction of sp³-hybridized carbons (Fsp3) is 0.316. The van der Waals surface area contributed by atoms with Gasteiger partial charge in [-0.3, -0.25) is 9.39 Å². The average molecular weight is 534 g/mol. The van der Waals surface area contributed by atoms with Gasteiger partial charge in [-0.25, -0.2) is 0 Å². The average Bonchev–Trinajstić information content (AvgIpc) is 3.10. The summed E-state index contributed by atoms with van der Waals surface area (Å²) in [4.78, 5) is 4.09. The Kier molecular flexibility index (Phi) is 8.69. The number of hydrogen-bond acceptors (Lipinski definition) is 4. The second-order valence-electron chi connectivity index (χ2n) is 6.16. The summed E-state index contributed by atoms with van der Waals surface area (Å²) in [7, 11) is 1.60. The molecule has 0 aliphatic rings. The number of guanidine groups is 1. The number of aromatic nitrogens is 3. The first-order valence-electron chi connectivity index (χ1n) is 9.03. The van der Waals surface area contributed by atoms with Crippen LogP contribution in [-0.2, 0) is 13.0 Å². The molecule has 162 valence electrons. The van der Waals surface area contributed by atoms with E-state index in [0.29, 0.717) is 18.1 Å². The smallest absolute Gasteiger partial charge is 0.405 e. The molecule has 2 heterocycles. The topological polar surface area (TPSA) is 75.8 Å². The molecular formula is C19H22F3IN6O. The third-order valence-electron chi connectivity index (χ3n) is 4.12. The van der Waals surface area contributed by atoms with E-state index in [2.05, 4.69) is 30.6 Å². The molecule has 0 spiro atoms. The van der Waals surface area contributed by atoms with Gasteiger partial charge in [-0.2, -0.15) is 0 Å². The molecule has 3 aromatic rings. The Morgan fingerprint density at radius 2 is 1.87 bits per heavy atom. The van der Waals surface area contributed by atoms with E-state index in [-0.39, 0.29) is 36.3 Å². The minimum Gasteiger partial charge on any atom is -0.405 e. The van der Waals surface area contributed by atoms with Crippen LogP contribution >= 0.6 is 24.0 Å². The van der Waals surface area contributed by atoms with E-state index in [0.717, 1.165) is 24.3 Å². The second kappa shape index (κ2) is 11.0. The Labute approximate surface area is 188 Å². The first kappa shape index (κ1) is 23.7. The Morgan fingerprint density at radius 1 is 1.10 bits per heavy atom. The van der Waals surface area contributed by atoms with E-state index in [1.807, 2.05) is 28.8 Å². The van der Waals surface area contributed by atoms with E-state index in [1.165, 1.54) is 12.1 Å². The zero-order valence-corrected chi connectivity index (χ0v) is 18.5. The second-order valence-corrected chi connectivity index (χ2v) is 6.16. The quantitative estimate of drug-likeness (QED) is 0.210. The number of alkyl halides is 3. The summed E-state index contributed by atoms with van der Waals surface area (Å²) >= 11 is 0. The van der Waals surface area contributed by atoms with Crippen molar-refractivity contribution in [3.05, 3.63) is 60.0 Å². The largest absolute Gasteiger partial charge is 0.573 e. The van der Waals surface area contributed by atoms with Crippen molar-refractivity contribution in [2.75, 3.05) is 13.6 Å². The lowest BCUT2D eigenvalue weighted by Crippen LogP contribution is -2.37. The first-order valence-corrected chi connectivity index (χ1v) is 9.03. The van der Waals surface area contributed by atoms with Gasteiger partial charge >= 0.3 is 6.36 Å². The molecule has 1 aromatic carbocycles. The van der Waals surface area contributed by atoms with E-state index < -0.39 is 6.36 Å². The highest BCUT2D eigenvalue weighted by Gasteiger charge is 2.31. The molecule has 0 radical (unpaired) electrons. The summed E-state index contributed by atoms with van der Waals surface area (Å²) in [5, 5.41) is 14.4. The van der Waals surface area contributed by atoms with Crippen molar-refractivity contribution >= 4 is 35.6 Å². The predicted molar refractivity (Wildman–Crippen MR) is 118 cm³/mol. The van der Waals surface area contributed by atoms with E-state index in [4.69, 9.17) is 0 Å². The molecule has 11 heteroatoms. The van der Waals surface area contributed by atoms with Gasteiger partial charge in [0, 0.05) is 38.3 Å². The first-order chi connectivity index (χ1) is 14.0. The summed E-state index contributed by atoms with van der Waals surface area (Å²) in [5.41, 5.74) is 1.18. The van der Waals surface area contributed by atoms with Crippen molar-refractivity contribution < 1.29 is 17.9 Å². The number of para-hydroxylation sites is 1. The molecular weight excluding hydrogens is 512 g/mol. The summed E-state index contributed by atoms with van der Waals surface area (Å²) in [5.74, 6) is 1.11. The zero-order valence-electron chi connectivity index (χ0n) is 16.2. The molecule has 0 atom stereocenters. The van der Waals surface area contributed by atoms with Crippen LogP contribution in [0.3, 0.4) is 0 Å². The number of fused-ring (bicyclic) bond motifs is 1. The number of hydrogen-bond donors (Lipinski definition) is 2. The number of rotatable bonds is 7. The van der Waals surface area contributed by atoms with Crippen LogP contribution in [0.25, 0.3) is 5.65 Å². The van der Waals surface area contributed by atoms with E-state index >= 15 is 0 Å². The number of benzene rings is 1. The molecule has 0 saturated heterocycles. The predicted octanol–water partition coefficient (Wildman–Crippen LogP) is 3.54. The van der Waals surface area contributed by atoms with Gasteiger partial charge < -0.3 is 15.4 Å². The maximum Gasteiger partial charge on any atom is 0.573 e.